The molecular weight excluding hydrogens is 128 g/mol. The molecule has 2 nitrogen and oxygen atoms in total. The molecular formula is C8H14O2. The van der Waals surface area contributed by atoms with E-state index in [4.69, 9.17) is 9.47 Å². The summed E-state index contributed by atoms with van der Waals surface area (Å²) in [6.45, 7) is 1.81. The normalized spacial score (nSPS) is 40.8. The van der Waals surface area contributed by atoms with Crippen LogP contribution in [-0.4, -0.2) is 19.0 Å². The first-order chi connectivity index (χ1) is 4.91. The molecule has 0 bridgehead atoms. The van der Waals surface area contributed by atoms with Gasteiger partial charge >= 0.3 is 0 Å². The van der Waals surface area contributed by atoms with Gasteiger partial charge in [-0.1, -0.05) is 0 Å². The van der Waals surface area contributed by atoms with Crippen LogP contribution in [0, 0.1) is 0 Å². The fraction of sp³-hybridized carbons (Fsp3) is 1.00. The van der Waals surface area contributed by atoms with Gasteiger partial charge in [-0.05, 0) is 19.3 Å². The Hall–Kier alpha value is -0.0800. The maximum absolute atomic E-state index is 5.60. The zero-order valence-electron chi connectivity index (χ0n) is 6.27. The molecule has 58 valence electrons. The Balaban J connectivity index is 1.98. The summed E-state index contributed by atoms with van der Waals surface area (Å²) in [5.74, 6) is -0.127. The molecule has 0 unspecified atom stereocenters. The van der Waals surface area contributed by atoms with Crippen LogP contribution in [-0.2, 0) is 9.47 Å². The van der Waals surface area contributed by atoms with Gasteiger partial charge in [-0.25, -0.2) is 0 Å². The van der Waals surface area contributed by atoms with E-state index in [0.717, 1.165) is 26.1 Å². The van der Waals surface area contributed by atoms with Gasteiger partial charge in [0, 0.05) is 12.8 Å². The van der Waals surface area contributed by atoms with E-state index in [1.165, 1.54) is 19.3 Å². The summed E-state index contributed by atoms with van der Waals surface area (Å²) in [5.41, 5.74) is 0. The Morgan fingerprint density at radius 1 is 0.800 bits per heavy atom. The summed E-state index contributed by atoms with van der Waals surface area (Å²) in [6.07, 6.45) is 5.91. The van der Waals surface area contributed by atoms with Crippen LogP contribution in [0.25, 0.3) is 0 Å². The molecule has 2 saturated heterocycles. The Morgan fingerprint density at radius 3 is 2.10 bits per heavy atom. The minimum absolute atomic E-state index is 0.127. The highest BCUT2D eigenvalue weighted by atomic mass is 16.7. The lowest BCUT2D eigenvalue weighted by Crippen LogP contribution is -2.34. The van der Waals surface area contributed by atoms with E-state index in [2.05, 4.69) is 0 Å². The maximum Gasteiger partial charge on any atom is 0.168 e. The molecule has 0 aromatic heterocycles. The SMILES string of the molecule is C1CC[C@@]2(CCCO2)OC1. The van der Waals surface area contributed by atoms with Gasteiger partial charge in [0.05, 0.1) is 13.2 Å². The topological polar surface area (TPSA) is 18.5 Å². The summed E-state index contributed by atoms with van der Waals surface area (Å²) >= 11 is 0. The van der Waals surface area contributed by atoms with E-state index in [0.29, 0.717) is 0 Å². The summed E-state index contributed by atoms with van der Waals surface area (Å²) in [6, 6.07) is 0. The zero-order valence-corrected chi connectivity index (χ0v) is 6.27. The molecule has 2 heteroatoms. The highest BCUT2D eigenvalue weighted by Crippen LogP contribution is 2.34. The minimum atomic E-state index is -0.127. The largest absolute Gasteiger partial charge is 0.350 e. The van der Waals surface area contributed by atoms with E-state index in [9.17, 15) is 0 Å². The summed E-state index contributed by atoms with van der Waals surface area (Å²) in [7, 11) is 0. The fourth-order valence-corrected chi connectivity index (χ4v) is 1.81. The van der Waals surface area contributed by atoms with Crippen LogP contribution in [0.1, 0.15) is 32.1 Å². The Morgan fingerprint density at radius 2 is 1.50 bits per heavy atom. The predicted molar refractivity (Wildman–Crippen MR) is 37.7 cm³/mol. The molecule has 2 rings (SSSR count). The van der Waals surface area contributed by atoms with Gasteiger partial charge in [-0.15, -0.1) is 0 Å². The van der Waals surface area contributed by atoms with Crippen molar-refractivity contribution in [1.82, 2.24) is 0 Å². The van der Waals surface area contributed by atoms with Crippen LogP contribution in [0.3, 0.4) is 0 Å². The van der Waals surface area contributed by atoms with Gasteiger partial charge in [0.2, 0.25) is 0 Å². The first-order valence-corrected chi connectivity index (χ1v) is 4.19. The Bertz CT molecular complexity index is 108. The van der Waals surface area contributed by atoms with Crippen molar-refractivity contribution in [2.75, 3.05) is 13.2 Å². The van der Waals surface area contributed by atoms with E-state index in [1.54, 1.807) is 0 Å². The van der Waals surface area contributed by atoms with Crippen LogP contribution in [0.5, 0.6) is 0 Å². The Kier molecular flexibility index (Phi) is 1.66. The van der Waals surface area contributed by atoms with Crippen molar-refractivity contribution in [2.45, 2.75) is 37.9 Å². The molecule has 2 heterocycles. The van der Waals surface area contributed by atoms with Crippen LogP contribution in [0.2, 0.25) is 0 Å². The minimum Gasteiger partial charge on any atom is -0.350 e. The van der Waals surface area contributed by atoms with Gasteiger partial charge in [-0.3, -0.25) is 0 Å². The fourth-order valence-electron chi connectivity index (χ4n) is 1.81. The zero-order chi connectivity index (χ0) is 6.86. The standard InChI is InChI=1S/C8H14O2/c1-2-6-9-8(4-1)5-3-7-10-8/h1-7H2/t8-/m1/s1. The number of hydrogen-bond acceptors (Lipinski definition) is 2. The lowest BCUT2D eigenvalue weighted by molar-refractivity contribution is -0.229. The first kappa shape index (κ1) is 6.62. The predicted octanol–water partition coefficient (Wildman–Crippen LogP) is 1.69. The molecule has 0 saturated carbocycles. The molecule has 0 aromatic carbocycles. The lowest BCUT2D eigenvalue weighted by Gasteiger charge is -2.32. The number of hydrogen-bond donors (Lipinski definition) is 0. The molecule has 1 spiro atoms. The van der Waals surface area contributed by atoms with Crippen LogP contribution >= 0.6 is 0 Å². The molecule has 0 amide bonds. The molecule has 0 aromatic rings. The first-order valence-electron chi connectivity index (χ1n) is 4.19. The van der Waals surface area contributed by atoms with Crippen LogP contribution in [0.15, 0.2) is 0 Å². The highest BCUT2D eigenvalue weighted by Gasteiger charge is 2.37. The van der Waals surface area contributed by atoms with Gasteiger partial charge < -0.3 is 9.47 Å². The van der Waals surface area contributed by atoms with Crippen molar-refractivity contribution in [3.05, 3.63) is 0 Å². The third kappa shape index (κ3) is 1.06. The second kappa shape index (κ2) is 2.51. The molecule has 0 aliphatic carbocycles. The van der Waals surface area contributed by atoms with E-state index in [-0.39, 0.29) is 5.79 Å². The lowest BCUT2D eigenvalue weighted by atomic mass is 10.0. The molecule has 1 atom stereocenters. The Labute approximate surface area is 61.5 Å². The second-order valence-corrected chi connectivity index (χ2v) is 3.17. The van der Waals surface area contributed by atoms with Gasteiger partial charge in [-0.2, -0.15) is 0 Å². The smallest absolute Gasteiger partial charge is 0.168 e. The number of rotatable bonds is 0. The third-order valence-corrected chi connectivity index (χ3v) is 2.38. The van der Waals surface area contributed by atoms with Gasteiger partial charge in [0.25, 0.3) is 0 Å². The van der Waals surface area contributed by atoms with Crippen molar-refractivity contribution in [2.24, 2.45) is 0 Å². The summed E-state index contributed by atoms with van der Waals surface area (Å²) in [5, 5.41) is 0. The molecule has 0 N–H and O–H groups in total. The van der Waals surface area contributed by atoms with Crippen molar-refractivity contribution in [1.29, 1.82) is 0 Å². The summed E-state index contributed by atoms with van der Waals surface area (Å²) in [4.78, 5) is 0. The van der Waals surface area contributed by atoms with Crippen LogP contribution < -0.4 is 0 Å². The van der Waals surface area contributed by atoms with E-state index >= 15 is 0 Å². The molecule has 2 aliphatic heterocycles. The molecule has 10 heavy (non-hydrogen) atoms. The van der Waals surface area contributed by atoms with Gasteiger partial charge in [0.15, 0.2) is 5.79 Å². The van der Waals surface area contributed by atoms with Crippen molar-refractivity contribution in [3.63, 3.8) is 0 Å². The third-order valence-electron chi connectivity index (χ3n) is 2.38. The highest BCUT2D eigenvalue weighted by molar-refractivity contribution is 4.77. The number of ether oxygens (including phenoxy) is 2. The average molecular weight is 142 g/mol. The van der Waals surface area contributed by atoms with Crippen LogP contribution in [0.4, 0.5) is 0 Å². The quantitative estimate of drug-likeness (QED) is 0.512. The second-order valence-electron chi connectivity index (χ2n) is 3.17. The van der Waals surface area contributed by atoms with Crippen molar-refractivity contribution in [3.8, 4) is 0 Å². The van der Waals surface area contributed by atoms with Crippen molar-refractivity contribution >= 4 is 0 Å². The van der Waals surface area contributed by atoms with E-state index < -0.39 is 0 Å². The average Bonchev–Trinajstić information content (AvgIpc) is 2.39. The molecule has 2 aliphatic rings. The monoisotopic (exact) mass is 142 g/mol. The molecule has 2 fully saturated rings. The van der Waals surface area contributed by atoms with Crippen molar-refractivity contribution < 1.29 is 9.47 Å². The van der Waals surface area contributed by atoms with Gasteiger partial charge in [0.1, 0.15) is 0 Å². The summed E-state index contributed by atoms with van der Waals surface area (Å²) < 4.78 is 11.2. The van der Waals surface area contributed by atoms with E-state index in [1.807, 2.05) is 0 Å². The maximum atomic E-state index is 5.60. The molecule has 0 radical (unpaired) electrons.